The van der Waals surface area contributed by atoms with Gasteiger partial charge < -0.3 is 0 Å². The molecule has 0 saturated heterocycles. The largest absolute Gasteiger partial charge is 0.396 e. The average Bonchev–Trinajstić information content (AvgIpc) is 2.66. The molecule has 1 atom stereocenters. The minimum Gasteiger partial charge on any atom is -0.207 e. The van der Waals surface area contributed by atoms with Crippen LogP contribution >= 0.6 is 0 Å². The molecule has 0 aliphatic carbocycles. The van der Waals surface area contributed by atoms with Crippen molar-refractivity contribution < 1.29 is 22.0 Å². The first-order valence-electron chi connectivity index (χ1n) is 8.96. The molecule has 0 heterocycles. The van der Waals surface area contributed by atoms with Gasteiger partial charge in [0.25, 0.3) is 0 Å². The Morgan fingerprint density at radius 2 is 1.36 bits per heavy atom. The Morgan fingerprint density at radius 3 is 1.96 bits per heavy atom. The Balaban J connectivity index is 1.67. The van der Waals surface area contributed by atoms with Crippen molar-refractivity contribution in [3.63, 3.8) is 0 Å². The smallest absolute Gasteiger partial charge is 0.207 e. The molecule has 0 amide bonds. The molecule has 0 spiro atoms. The van der Waals surface area contributed by atoms with Gasteiger partial charge in [-0.2, -0.15) is 13.2 Å². The molecule has 0 unspecified atom stereocenters. The van der Waals surface area contributed by atoms with Crippen molar-refractivity contribution in [2.75, 3.05) is 0 Å². The number of benzene rings is 3. The summed E-state index contributed by atoms with van der Waals surface area (Å²) < 4.78 is 67.1. The zero-order valence-electron chi connectivity index (χ0n) is 15.0. The fourth-order valence-corrected chi connectivity index (χ4v) is 3.19. The molecule has 146 valence electrons. The van der Waals surface area contributed by atoms with E-state index in [1.807, 2.05) is 0 Å². The number of hydrogen-bond acceptors (Lipinski definition) is 0. The van der Waals surface area contributed by atoms with Crippen LogP contribution in [-0.4, -0.2) is 6.18 Å². The maximum atomic E-state index is 13.7. The van der Waals surface area contributed by atoms with E-state index in [9.17, 15) is 22.0 Å². The van der Waals surface area contributed by atoms with Gasteiger partial charge >= 0.3 is 6.18 Å². The standard InChI is InChI=1S/C23H19F5/c24-20-13-12-19(22(25)15-20)11-10-16-6-8-17(9-7-16)14-21(23(26,27)28)18-4-2-1-3-5-18/h1-9,12-13,15,21H,10-11,14H2/t21-/m0/s1. The molecule has 3 rings (SSSR count). The van der Waals surface area contributed by atoms with Gasteiger partial charge in [0, 0.05) is 6.07 Å². The van der Waals surface area contributed by atoms with Crippen LogP contribution in [0.5, 0.6) is 0 Å². The zero-order valence-corrected chi connectivity index (χ0v) is 15.0. The van der Waals surface area contributed by atoms with E-state index >= 15 is 0 Å². The van der Waals surface area contributed by atoms with Crippen LogP contribution in [0.3, 0.4) is 0 Å². The Labute approximate surface area is 160 Å². The number of halogens is 5. The molecule has 0 nitrogen and oxygen atoms in total. The molecule has 0 aliphatic heterocycles. The normalized spacial score (nSPS) is 12.8. The second kappa shape index (κ2) is 8.55. The summed E-state index contributed by atoms with van der Waals surface area (Å²) >= 11 is 0. The van der Waals surface area contributed by atoms with E-state index in [2.05, 4.69) is 0 Å². The van der Waals surface area contributed by atoms with Crippen molar-refractivity contribution in [1.82, 2.24) is 0 Å². The van der Waals surface area contributed by atoms with Gasteiger partial charge in [0.05, 0.1) is 5.92 Å². The minimum atomic E-state index is -4.33. The van der Waals surface area contributed by atoms with Crippen LogP contribution in [0.1, 0.15) is 28.2 Å². The van der Waals surface area contributed by atoms with Crippen LogP contribution < -0.4 is 0 Å². The first kappa shape index (κ1) is 20.1. The Bertz CT molecular complexity index is 899. The summed E-state index contributed by atoms with van der Waals surface area (Å²) in [6, 6.07) is 18.2. The summed E-state index contributed by atoms with van der Waals surface area (Å²) in [5.74, 6) is -2.77. The molecule has 0 aliphatic rings. The summed E-state index contributed by atoms with van der Waals surface area (Å²) in [6.07, 6.45) is -3.56. The van der Waals surface area contributed by atoms with Gasteiger partial charge in [-0.25, -0.2) is 8.78 Å². The van der Waals surface area contributed by atoms with Crippen molar-refractivity contribution in [3.8, 4) is 0 Å². The number of alkyl halides is 3. The van der Waals surface area contributed by atoms with Gasteiger partial charge in [0.1, 0.15) is 11.6 Å². The highest BCUT2D eigenvalue weighted by Crippen LogP contribution is 2.37. The third kappa shape index (κ3) is 5.18. The van der Waals surface area contributed by atoms with Crippen molar-refractivity contribution in [3.05, 3.63) is 107 Å². The predicted octanol–water partition coefficient (Wildman–Crippen LogP) is 6.64. The lowest BCUT2D eigenvalue weighted by atomic mass is 9.91. The molecule has 5 heteroatoms. The van der Waals surface area contributed by atoms with Gasteiger partial charge in [-0.05, 0) is 47.6 Å². The molecule has 28 heavy (non-hydrogen) atoms. The van der Waals surface area contributed by atoms with E-state index in [-0.39, 0.29) is 12.0 Å². The van der Waals surface area contributed by atoms with E-state index in [1.165, 1.54) is 24.3 Å². The molecule has 0 bridgehead atoms. The molecular formula is C23H19F5. The number of aryl methyl sites for hydroxylation is 2. The SMILES string of the molecule is Fc1ccc(CCc2ccc(C[C@@H](c3ccccc3)C(F)(F)F)cc2)c(F)c1. The summed E-state index contributed by atoms with van der Waals surface area (Å²) in [5, 5.41) is 0. The van der Waals surface area contributed by atoms with Gasteiger partial charge in [-0.1, -0.05) is 60.7 Å². The van der Waals surface area contributed by atoms with Gasteiger partial charge in [0.15, 0.2) is 0 Å². The highest BCUT2D eigenvalue weighted by atomic mass is 19.4. The van der Waals surface area contributed by atoms with E-state index in [4.69, 9.17) is 0 Å². The maximum Gasteiger partial charge on any atom is 0.396 e. The van der Waals surface area contributed by atoms with E-state index in [1.54, 1.807) is 42.5 Å². The third-order valence-electron chi connectivity index (χ3n) is 4.76. The molecule has 0 saturated carbocycles. The van der Waals surface area contributed by atoms with Crippen LogP contribution in [0.25, 0.3) is 0 Å². The zero-order chi connectivity index (χ0) is 20.1. The predicted molar refractivity (Wildman–Crippen MR) is 99.2 cm³/mol. The Morgan fingerprint density at radius 1 is 0.714 bits per heavy atom. The van der Waals surface area contributed by atoms with Gasteiger partial charge in [-0.3, -0.25) is 0 Å². The van der Waals surface area contributed by atoms with Crippen molar-refractivity contribution in [2.45, 2.75) is 31.4 Å². The average molecular weight is 390 g/mol. The second-order valence-electron chi connectivity index (χ2n) is 6.76. The van der Waals surface area contributed by atoms with Crippen LogP contribution in [0.15, 0.2) is 72.8 Å². The molecule has 0 radical (unpaired) electrons. The molecule has 3 aromatic rings. The third-order valence-corrected chi connectivity index (χ3v) is 4.76. The molecule has 0 aromatic heterocycles. The maximum absolute atomic E-state index is 13.7. The first-order valence-corrected chi connectivity index (χ1v) is 8.96. The van der Waals surface area contributed by atoms with Gasteiger partial charge in [-0.15, -0.1) is 0 Å². The lowest BCUT2D eigenvalue weighted by molar-refractivity contribution is -0.150. The topological polar surface area (TPSA) is 0 Å². The Kier molecular flexibility index (Phi) is 6.12. The van der Waals surface area contributed by atoms with Crippen molar-refractivity contribution >= 4 is 0 Å². The summed E-state index contributed by atoms with van der Waals surface area (Å²) in [7, 11) is 0. The molecule has 3 aromatic carbocycles. The lowest BCUT2D eigenvalue weighted by Crippen LogP contribution is -2.23. The quantitative estimate of drug-likeness (QED) is 0.414. The fourth-order valence-electron chi connectivity index (χ4n) is 3.19. The van der Waals surface area contributed by atoms with Crippen LogP contribution in [0.2, 0.25) is 0 Å². The first-order chi connectivity index (χ1) is 13.3. The summed E-state index contributed by atoms with van der Waals surface area (Å²) in [6.45, 7) is 0. The summed E-state index contributed by atoms with van der Waals surface area (Å²) in [4.78, 5) is 0. The van der Waals surface area contributed by atoms with Crippen LogP contribution in [0.4, 0.5) is 22.0 Å². The monoisotopic (exact) mass is 390 g/mol. The molecule has 0 N–H and O–H groups in total. The van der Waals surface area contributed by atoms with Crippen LogP contribution in [-0.2, 0) is 19.3 Å². The Hall–Kier alpha value is -2.69. The van der Waals surface area contributed by atoms with Gasteiger partial charge in [0.2, 0.25) is 0 Å². The summed E-state index contributed by atoms with van der Waals surface area (Å²) in [5.41, 5.74) is 2.12. The second-order valence-corrected chi connectivity index (χ2v) is 6.76. The number of rotatable bonds is 6. The van der Waals surface area contributed by atoms with Crippen molar-refractivity contribution in [2.24, 2.45) is 0 Å². The fraction of sp³-hybridized carbons (Fsp3) is 0.217. The molecule has 0 fully saturated rings. The van der Waals surface area contributed by atoms with E-state index in [0.717, 1.165) is 11.6 Å². The highest BCUT2D eigenvalue weighted by Gasteiger charge is 2.40. The minimum absolute atomic E-state index is 0.139. The van der Waals surface area contributed by atoms with Crippen LogP contribution in [0, 0.1) is 11.6 Å². The van der Waals surface area contributed by atoms with Crippen molar-refractivity contribution in [1.29, 1.82) is 0 Å². The molecular weight excluding hydrogens is 371 g/mol. The number of hydrogen-bond donors (Lipinski definition) is 0. The lowest BCUT2D eigenvalue weighted by Gasteiger charge is -2.21. The van der Waals surface area contributed by atoms with E-state index in [0.29, 0.717) is 24.0 Å². The van der Waals surface area contributed by atoms with E-state index < -0.39 is 23.7 Å². The highest BCUT2D eigenvalue weighted by molar-refractivity contribution is 5.29.